The summed E-state index contributed by atoms with van der Waals surface area (Å²) in [5.41, 5.74) is 0.637. The Balaban J connectivity index is 2.03. The first-order valence-electron chi connectivity index (χ1n) is 4.41. The molecule has 1 saturated heterocycles. The van der Waals surface area contributed by atoms with E-state index in [1.54, 1.807) is 0 Å². The van der Waals surface area contributed by atoms with Gasteiger partial charge in [0.2, 0.25) is 0 Å². The minimum absolute atomic E-state index is 0.637. The molecule has 1 spiro atoms. The Labute approximate surface area is 62.8 Å². The Kier molecular flexibility index (Phi) is 1.48. The van der Waals surface area contributed by atoms with E-state index < -0.39 is 0 Å². The molecule has 1 nitrogen and oxygen atoms in total. The summed E-state index contributed by atoms with van der Waals surface area (Å²) in [7, 11) is 0. The molecular weight excluding hydrogens is 124 g/mol. The number of rotatable bonds is 0. The third-order valence-electron chi connectivity index (χ3n) is 3.39. The summed E-state index contributed by atoms with van der Waals surface area (Å²) in [4.78, 5) is 0. The van der Waals surface area contributed by atoms with Crippen LogP contribution >= 0.6 is 0 Å². The van der Waals surface area contributed by atoms with Gasteiger partial charge in [-0.3, -0.25) is 0 Å². The molecule has 2 aliphatic rings. The molecule has 0 aromatic rings. The average Bonchev–Trinajstić information content (AvgIpc) is 1.85. The highest BCUT2D eigenvalue weighted by molar-refractivity contribution is 4.92. The highest BCUT2D eigenvalue weighted by Crippen LogP contribution is 2.46. The summed E-state index contributed by atoms with van der Waals surface area (Å²) >= 11 is 0. The summed E-state index contributed by atoms with van der Waals surface area (Å²) in [6.07, 6.45) is 5.74. The number of ether oxygens (including phenoxy) is 1. The molecule has 0 radical (unpaired) electrons. The highest BCUT2D eigenvalue weighted by Gasteiger charge is 2.44. The first-order chi connectivity index (χ1) is 4.83. The van der Waals surface area contributed by atoms with E-state index >= 15 is 0 Å². The molecule has 0 N–H and O–H groups in total. The Morgan fingerprint density at radius 1 is 1.30 bits per heavy atom. The third-order valence-corrected chi connectivity index (χ3v) is 3.39. The molecule has 10 heavy (non-hydrogen) atoms. The smallest absolute Gasteiger partial charge is 0.0547 e. The van der Waals surface area contributed by atoms with Crippen LogP contribution in [-0.2, 0) is 4.74 Å². The fourth-order valence-electron chi connectivity index (χ4n) is 2.27. The SMILES string of the molecule is C[C@@H]1CCCCC12COC2. The fraction of sp³-hybridized carbons (Fsp3) is 1.00. The predicted octanol–water partition coefficient (Wildman–Crippen LogP) is 2.21. The van der Waals surface area contributed by atoms with E-state index in [1.165, 1.54) is 25.7 Å². The summed E-state index contributed by atoms with van der Waals surface area (Å²) in [5.74, 6) is 0.926. The maximum atomic E-state index is 5.29. The Hall–Kier alpha value is -0.0400. The molecule has 1 heterocycles. The first kappa shape index (κ1) is 6.66. The molecule has 1 heteroatoms. The van der Waals surface area contributed by atoms with E-state index in [0.717, 1.165) is 19.1 Å². The zero-order chi connectivity index (χ0) is 7.03. The van der Waals surface area contributed by atoms with Crippen molar-refractivity contribution in [1.82, 2.24) is 0 Å². The second-order valence-corrected chi connectivity index (χ2v) is 4.00. The summed E-state index contributed by atoms with van der Waals surface area (Å²) < 4.78 is 5.29. The lowest BCUT2D eigenvalue weighted by atomic mass is 9.66. The van der Waals surface area contributed by atoms with Gasteiger partial charge in [0.05, 0.1) is 13.2 Å². The van der Waals surface area contributed by atoms with E-state index in [2.05, 4.69) is 6.92 Å². The maximum absolute atomic E-state index is 5.29. The molecule has 1 aliphatic heterocycles. The quantitative estimate of drug-likeness (QED) is 0.501. The van der Waals surface area contributed by atoms with Gasteiger partial charge < -0.3 is 4.74 Å². The molecule has 1 atom stereocenters. The van der Waals surface area contributed by atoms with Crippen LogP contribution in [0.4, 0.5) is 0 Å². The average molecular weight is 140 g/mol. The van der Waals surface area contributed by atoms with Crippen molar-refractivity contribution in [2.75, 3.05) is 13.2 Å². The highest BCUT2D eigenvalue weighted by atomic mass is 16.5. The number of hydrogen-bond acceptors (Lipinski definition) is 1. The fourth-order valence-corrected chi connectivity index (χ4v) is 2.27. The first-order valence-corrected chi connectivity index (χ1v) is 4.41. The van der Waals surface area contributed by atoms with Gasteiger partial charge in [-0.2, -0.15) is 0 Å². The van der Waals surface area contributed by atoms with E-state index in [4.69, 9.17) is 4.74 Å². The minimum atomic E-state index is 0.637. The molecular formula is C9H16O. The van der Waals surface area contributed by atoms with Gasteiger partial charge in [0.15, 0.2) is 0 Å². The molecule has 2 rings (SSSR count). The van der Waals surface area contributed by atoms with Crippen LogP contribution in [0.15, 0.2) is 0 Å². The lowest BCUT2D eigenvalue weighted by Crippen LogP contribution is -2.48. The predicted molar refractivity (Wildman–Crippen MR) is 40.9 cm³/mol. The van der Waals surface area contributed by atoms with Crippen molar-refractivity contribution >= 4 is 0 Å². The van der Waals surface area contributed by atoms with E-state index in [0.29, 0.717) is 5.41 Å². The Bertz CT molecular complexity index is 127. The van der Waals surface area contributed by atoms with Crippen molar-refractivity contribution in [2.45, 2.75) is 32.6 Å². The normalized spacial score (nSPS) is 37.5. The van der Waals surface area contributed by atoms with Crippen LogP contribution in [0.25, 0.3) is 0 Å². The Morgan fingerprint density at radius 2 is 2.10 bits per heavy atom. The van der Waals surface area contributed by atoms with Gasteiger partial charge in [-0.15, -0.1) is 0 Å². The standard InChI is InChI=1S/C9H16O/c1-8-4-2-3-5-9(8)6-10-7-9/h8H,2-7H2,1H3/t8-/m1/s1. The van der Waals surface area contributed by atoms with Crippen LogP contribution in [0, 0.1) is 11.3 Å². The van der Waals surface area contributed by atoms with Crippen LogP contribution in [0.1, 0.15) is 32.6 Å². The molecule has 0 amide bonds. The van der Waals surface area contributed by atoms with Crippen LogP contribution in [0.3, 0.4) is 0 Å². The van der Waals surface area contributed by atoms with Crippen molar-refractivity contribution in [1.29, 1.82) is 0 Å². The third kappa shape index (κ3) is 0.800. The van der Waals surface area contributed by atoms with Gasteiger partial charge in [-0.1, -0.05) is 26.2 Å². The monoisotopic (exact) mass is 140 g/mol. The second-order valence-electron chi connectivity index (χ2n) is 4.00. The van der Waals surface area contributed by atoms with Gasteiger partial charge >= 0.3 is 0 Å². The van der Waals surface area contributed by atoms with Crippen LogP contribution in [0.5, 0.6) is 0 Å². The molecule has 0 aromatic carbocycles. The zero-order valence-corrected chi connectivity index (χ0v) is 6.73. The molecule has 1 aliphatic carbocycles. The molecule has 58 valence electrons. The largest absolute Gasteiger partial charge is 0.380 e. The van der Waals surface area contributed by atoms with Gasteiger partial charge in [0, 0.05) is 5.41 Å². The minimum Gasteiger partial charge on any atom is -0.380 e. The van der Waals surface area contributed by atoms with E-state index in [1.807, 2.05) is 0 Å². The summed E-state index contributed by atoms with van der Waals surface area (Å²) in [6, 6.07) is 0. The van der Waals surface area contributed by atoms with Gasteiger partial charge in [-0.05, 0) is 12.3 Å². The van der Waals surface area contributed by atoms with Crippen molar-refractivity contribution in [2.24, 2.45) is 11.3 Å². The van der Waals surface area contributed by atoms with E-state index in [9.17, 15) is 0 Å². The molecule has 2 fully saturated rings. The van der Waals surface area contributed by atoms with Crippen molar-refractivity contribution in [3.8, 4) is 0 Å². The molecule has 1 saturated carbocycles. The van der Waals surface area contributed by atoms with Crippen LogP contribution < -0.4 is 0 Å². The zero-order valence-electron chi connectivity index (χ0n) is 6.73. The van der Waals surface area contributed by atoms with Gasteiger partial charge in [0.1, 0.15) is 0 Å². The summed E-state index contributed by atoms with van der Waals surface area (Å²) in [6.45, 7) is 4.49. The molecule has 0 bridgehead atoms. The lowest BCUT2D eigenvalue weighted by molar-refractivity contribution is -0.157. The maximum Gasteiger partial charge on any atom is 0.0547 e. The van der Waals surface area contributed by atoms with Crippen molar-refractivity contribution in [3.63, 3.8) is 0 Å². The number of hydrogen-bond donors (Lipinski definition) is 0. The van der Waals surface area contributed by atoms with Crippen molar-refractivity contribution in [3.05, 3.63) is 0 Å². The lowest BCUT2D eigenvalue weighted by Gasteiger charge is -2.49. The van der Waals surface area contributed by atoms with Crippen LogP contribution in [-0.4, -0.2) is 13.2 Å². The van der Waals surface area contributed by atoms with E-state index in [-0.39, 0.29) is 0 Å². The van der Waals surface area contributed by atoms with Gasteiger partial charge in [0.25, 0.3) is 0 Å². The van der Waals surface area contributed by atoms with Crippen LogP contribution in [0.2, 0.25) is 0 Å². The van der Waals surface area contributed by atoms with Crippen molar-refractivity contribution < 1.29 is 4.74 Å². The molecule has 0 aromatic heterocycles. The van der Waals surface area contributed by atoms with Gasteiger partial charge in [-0.25, -0.2) is 0 Å². The second kappa shape index (κ2) is 2.23. The molecule has 0 unspecified atom stereocenters. The Morgan fingerprint density at radius 3 is 2.50 bits per heavy atom. The topological polar surface area (TPSA) is 9.23 Å². The summed E-state index contributed by atoms with van der Waals surface area (Å²) in [5, 5.41) is 0.